The van der Waals surface area contributed by atoms with Gasteiger partial charge in [0.25, 0.3) is 0 Å². The highest BCUT2D eigenvalue weighted by atomic mass is 16.6. The Morgan fingerprint density at radius 2 is 1.87 bits per heavy atom. The molecule has 1 aromatic heterocycles. The molecule has 0 saturated carbocycles. The van der Waals surface area contributed by atoms with Crippen LogP contribution in [0.3, 0.4) is 0 Å². The summed E-state index contributed by atoms with van der Waals surface area (Å²) in [5.74, 6) is 2.24. The first-order valence-electron chi connectivity index (χ1n) is 10.4. The normalized spacial score (nSPS) is 12.6. The van der Waals surface area contributed by atoms with E-state index in [0.29, 0.717) is 38.8 Å². The second-order valence-corrected chi connectivity index (χ2v) is 8.73. The van der Waals surface area contributed by atoms with Gasteiger partial charge in [0.15, 0.2) is 11.8 Å². The number of carbonyl (C=O) groups is 1. The van der Waals surface area contributed by atoms with Crippen LogP contribution in [0.1, 0.15) is 59.6 Å². The molecule has 0 aliphatic rings. The fourth-order valence-electron chi connectivity index (χ4n) is 2.37. The van der Waals surface area contributed by atoms with Crippen LogP contribution in [0.4, 0.5) is 4.79 Å². The third-order valence-electron chi connectivity index (χ3n) is 4.06. The number of nitrogens with zero attached hydrogens (tertiary/aromatic N) is 4. The van der Waals surface area contributed by atoms with Gasteiger partial charge in [-0.05, 0) is 54.9 Å². The Hall–Kier alpha value is -2.36. The summed E-state index contributed by atoms with van der Waals surface area (Å²) in [7, 11) is 1.91. The Labute approximate surface area is 180 Å². The van der Waals surface area contributed by atoms with Crippen molar-refractivity contribution in [1.29, 1.82) is 0 Å². The third-order valence-corrected chi connectivity index (χ3v) is 4.06. The van der Waals surface area contributed by atoms with Gasteiger partial charge in [-0.1, -0.05) is 0 Å². The van der Waals surface area contributed by atoms with Gasteiger partial charge in [-0.3, -0.25) is 0 Å². The summed E-state index contributed by atoms with van der Waals surface area (Å²) in [6.07, 6.45) is 0.406. The molecule has 10 heteroatoms. The smallest absolute Gasteiger partial charge is 0.408 e. The van der Waals surface area contributed by atoms with Crippen LogP contribution in [0.15, 0.2) is 4.99 Å². The molecule has 30 heavy (non-hydrogen) atoms. The molecule has 1 aromatic rings. The number of aryl methyl sites for hydroxylation is 1. The lowest BCUT2D eigenvalue weighted by Crippen LogP contribution is -2.54. The number of amides is 1. The van der Waals surface area contributed by atoms with Gasteiger partial charge in [0, 0.05) is 33.4 Å². The van der Waals surface area contributed by atoms with E-state index in [4.69, 9.17) is 9.47 Å². The van der Waals surface area contributed by atoms with E-state index < -0.39 is 17.2 Å². The number of ether oxygens (including phenoxy) is 2. The highest BCUT2D eigenvalue weighted by molar-refractivity contribution is 5.80. The molecule has 0 atom stereocenters. The highest BCUT2D eigenvalue weighted by Crippen LogP contribution is 2.09. The molecule has 0 aliphatic carbocycles. The van der Waals surface area contributed by atoms with Crippen molar-refractivity contribution in [3.63, 3.8) is 0 Å². The second-order valence-electron chi connectivity index (χ2n) is 8.73. The molecule has 0 aromatic carbocycles. The maximum absolute atomic E-state index is 12.1. The monoisotopic (exact) mass is 425 g/mol. The average molecular weight is 426 g/mol. The van der Waals surface area contributed by atoms with Crippen molar-refractivity contribution in [2.75, 3.05) is 26.3 Å². The van der Waals surface area contributed by atoms with Gasteiger partial charge in [-0.25, -0.2) is 9.79 Å². The number of nitrogens with one attached hydrogen (secondary N) is 3. The van der Waals surface area contributed by atoms with Crippen LogP contribution in [0, 0.1) is 6.92 Å². The number of alkyl carbamates (subject to hydrolysis) is 1. The van der Waals surface area contributed by atoms with Gasteiger partial charge < -0.3 is 30.0 Å². The average Bonchev–Trinajstić information content (AvgIpc) is 2.93. The molecule has 1 heterocycles. The topological polar surface area (TPSA) is 115 Å². The lowest BCUT2D eigenvalue weighted by Gasteiger charge is -2.29. The Kier molecular flexibility index (Phi) is 10.0. The van der Waals surface area contributed by atoms with E-state index in [9.17, 15) is 4.79 Å². The molecule has 172 valence electrons. The van der Waals surface area contributed by atoms with E-state index in [-0.39, 0.29) is 0 Å². The molecule has 1 rings (SSSR count). The second kappa shape index (κ2) is 11.7. The lowest BCUT2D eigenvalue weighted by molar-refractivity contribution is 0.0474. The van der Waals surface area contributed by atoms with Gasteiger partial charge in [-0.2, -0.15) is 0 Å². The number of rotatable bonds is 10. The van der Waals surface area contributed by atoms with Crippen molar-refractivity contribution in [3.8, 4) is 0 Å². The van der Waals surface area contributed by atoms with Crippen LogP contribution in [0.5, 0.6) is 0 Å². The van der Waals surface area contributed by atoms with Gasteiger partial charge in [0.2, 0.25) is 0 Å². The summed E-state index contributed by atoms with van der Waals surface area (Å²) in [4.78, 5) is 16.7. The van der Waals surface area contributed by atoms with Crippen LogP contribution >= 0.6 is 0 Å². The molecule has 0 bridgehead atoms. The summed E-state index contributed by atoms with van der Waals surface area (Å²) < 4.78 is 12.6. The van der Waals surface area contributed by atoms with Crippen LogP contribution in [0.2, 0.25) is 0 Å². The molecule has 1 amide bonds. The van der Waals surface area contributed by atoms with Crippen molar-refractivity contribution >= 4 is 12.1 Å². The number of hydrogen-bond acceptors (Lipinski definition) is 6. The van der Waals surface area contributed by atoms with Gasteiger partial charge in [0.05, 0.1) is 5.54 Å². The molecule has 0 saturated heterocycles. The summed E-state index contributed by atoms with van der Waals surface area (Å²) in [5.41, 5.74) is -1.09. The number of aromatic nitrogens is 3. The van der Waals surface area contributed by atoms with E-state index >= 15 is 0 Å². The molecule has 0 unspecified atom stereocenters. The number of aliphatic imine (C=N–C) groups is 1. The van der Waals surface area contributed by atoms with Gasteiger partial charge >= 0.3 is 6.09 Å². The zero-order valence-electron chi connectivity index (χ0n) is 19.8. The summed E-state index contributed by atoms with van der Waals surface area (Å²) >= 11 is 0. The Morgan fingerprint density at radius 1 is 1.17 bits per heavy atom. The van der Waals surface area contributed by atoms with Crippen molar-refractivity contribution < 1.29 is 14.3 Å². The molecule has 0 spiro atoms. The minimum Gasteiger partial charge on any atom is -0.444 e. The van der Waals surface area contributed by atoms with Crippen molar-refractivity contribution in [2.24, 2.45) is 12.0 Å². The quantitative estimate of drug-likeness (QED) is 0.298. The van der Waals surface area contributed by atoms with Crippen LogP contribution in [0.25, 0.3) is 0 Å². The molecular weight excluding hydrogens is 386 g/mol. The van der Waals surface area contributed by atoms with Crippen molar-refractivity contribution in [3.05, 3.63) is 11.6 Å². The Bertz CT molecular complexity index is 693. The standard InChI is InChI=1S/C20H39N7O3/c1-9-29-12-10-11-21-17(22-13-16-26-25-15(2)27(16)8)23-14-20(6,7)24-18(28)30-19(3,4)5/h9-14H2,1-8H3,(H,24,28)(H2,21,22,23). The number of hydrogen-bond donors (Lipinski definition) is 3. The van der Waals surface area contributed by atoms with Crippen LogP contribution < -0.4 is 16.0 Å². The molecular formula is C20H39N7O3. The van der Waals surface area contributed by atoms with E-state index in [0.717, 1.165) is 18.1 Å². The zero-order chi connectivity index (χ0) is 22.8. The van der Waals surface area contributed by atoms with Crippen LogP contribution in [-0.2, 0) is 23.1 Å². The molecule has 0 radical (unpaired) electrons. The summed E-state index contributed by atoms with van der Waals surface area (Å²) in [5, 5.41) is 17.7. The third kappa shape index (κ3) is 10.4. The van der Waals surface area contributed by atoms with Crippen molar-refractivity contribution in [1.82, 2.24) is 30.7 Å². The Balaban J connectivity index is 2.69. The first-order chi connectivity index (χ1) is 13.9. The molecule has 0 fully saturated rings. The minimum atomic E-state index is -0.545. The first-order valence-corrected chi connectivity index (χ1v) is 10.4. The number of carbonyl (C=O) groups excluding carboxylic acids is 1. The minimum absolute atomic E-state index is 0.387. The van der Waals surface area contributed by atoms with E-state index in [2.05, 4.69) is 31.1 Å². The van der Waals surface area contributed by atoms with E-state index in [1.807, 2.05) is 60.1 Å². The van der Waals surface area contributed by atoms with Gasteiger partial charge in [-0.15, -0.1) is 10.2 Å². The maximum atomic E-state index is 12.1. The predicted molar refractivity (Wildman–Crippen MR) is 117 cm³/mol. The van der Waals surface area contributed by atoms with E-state index in [1.54, 1.807) is 0 Å². The fraction of sp³-hybridized carbons (Fsp3) is 0.800. The zero-order valence-corrected chi connectivity index (χ0v) is 19.8. The Morgan fingerprint density at radius 3 is 2.43 bits per heavy atom. The molecule has 0 aliphatic heterocycles. The fourth-order valence-corrected chi connectivity index (χ4v) is 2.37. The first kappa shape index (κ1) is 25.7. The predicted octanol–water partition coefficient (Wildman–Crippen LogP) is 1.89. The van der Waals surface area contributed by atoms with Crippen LogP contribution in [-0.4, -0.2) is 64.3 Å². The maximum Gasteiger partial charge on any atom is 0.408 e. The highest BCUT2D eigenvalue weighted by Gasteiger charge is 2.24. The SMILES string of the molecule is CCOCCCNC(=NCc1nnc(C)n1C)NCC(C)(C)NC(=O)OC(C)(C)C. The molecule has 10 nitrogen and oxygen atoms in total. The van der Waals surface area contributed by atoms with E-state index in [1.165, 1.54) is 0 Å². The number of guanidine groups is 1. The van der Waals surface area contributed by atoms with Crippen molar-refractivity contribution in [2.45, 2.75) is 72.6 Å². The van der Waals surface area contributed by atoms with Gasteiger partial charge in [0.1, 0.15) is 18.0 Å². The molecule has 3 N–H and O–H groups in total. The largest absolute Gasteiger partial charge is 0.444 e. The summed E-state index contributed by atoms with van der Waals surface area (Å²) in [6.45, 7) is 16.2. The lowest BCUT2D eigenvalue weighted by atomic mass is 10.1. The summed E-state index contributed by atoms with van der Waals surface area (Å²) in [6, 6.07) is 0.